The zero-order valence-corrected chi connectivity index (χ0v) is 11.4. The Hall–Kier alpha value is -1.55. The van der Waals surface area contributed by atoms with Crippen molar-refractivity contribution in [1.82, 2.24) is 10.2 Å². The minimum Gasteiger partial charge on any atom is -0.373 e. The zero-order chi connectivity index (χ0) is 13.2. The van der Waals surface area contributed by atoms with Crippen LogP contribution in [0.25, 0.3) is 0 Å². The van der Waals surface area contributed by atoms with Gasteiger partial charge < -0.3 is 15.5 Å². The molecule has 1 amide bonds. The molecule has 3 rings (SSSR count). The molecule has 0 aliphatic carbocycles. The van der Waals surface area contributed by atoms with Gasteiger partial charge in [-0.2, -0.15) is 0 Å². The topological polar surface area (TPSA) is 44.4 Å². The number of nitrogens with zero attached hydrogens (tertiary/aromatic N) is 1. The molecule has 2 atom stereocenters. The lowest BCUT2D eigenvalue weighted by Gasteiger charge is -2.30. The molecule has 1 fully saturated rings. The maximum absolute atomic E-state index is 12.3. The fraction of sp³-hybridized carbons (Fsp3) is 0.533. The number of likely N-dealkylation sites (N-methyl/N-ethyl adjacent to an activating group) is 1. The first-order valence-electron chi connectivity index (χ1n) is 7.06. The fourth-order valence-corrected chi connectivity index (χ4v) is 3.04. The fourth-order valence-electron chi connectivity index (χ4n) is 3.04. The second kappa shape index (κ2) is 5.21. The molecule has 2 heterocycles. The number of piperidine rings is 1. The van der Waals surface area contributed by atoms with Gasteiger partial charge in [0.05, 0.1) is 0 Å². The first-order chi connectivity index (χ1) is 9.22. The van der Waals surface area contributed by atoms with E-state index in [-0.39, 0.29) is 11.9 Å². The summed E-state index contributed by atoms with van der Waals surface area (Å²) in [5, 5.41) is 6.49. The number of carbonyl (C=O) groups excluding carboxylic acids is 1. The summed E-state index contributed by atoms with van der Waals surface area (Å²) in [7, 11) is 2.11. The van der Waals surface area contributed by atoms with Crippen molar-refractivity contribution in [2.45, 2.75) is 31.3 Å². The number of amides is 1. The third-order valence-corrected chi connectivity index (χ3v) is 4.06. The van der Waals surface area contributed by atoms with E-state index in [0.717, 1.165) is 31.6 Å². The molecule has 0 bridgehead atoms. The SMILES string of the molecule is CN1CCCC(NC(=O)[C@@H]2Cc3ccccc3N2)C1. The first kappa shape index (κ1) is 12.5. The van der Waals surface area contributed by atoms with Gasteiger partial charge in [0.2, 0.25) is 5.91 Å². The Bertz CT molecular complexity index is 449. The Morgan fingerprint density at radius 3 is 3.05 bits per heavy atom. The molecule has 4 heteroatoms. The molecular weight excluding hydrogens is 238 g/mol. The van der Waals surface area contributed by atoms with Gasteiger partial charge in [-0.05, 0) is 38.1 Å². The summed E-state index contributed by atoms with van der Waals surface area (Å²) in [5.41, 5.74) is 2.34. The number of carbonyl (C=O) groups is 1. The normalized spacial score (nSPS) is 26.6. The molecule has 2 aliphatic rings. The number of nitrogens with one attached hydrogen (secondary N) is 2. The molecular formula is C15H21N3O. The third kappa shape index (κ3) is 2.73. The second-order valence-electron chi connectivity index (χ2n) is 5.67. The molecule has 0 aromatic heterocycles. The second-order valence-corrected chi connectivity index (χ2v) is 5.67. The van der Waals surface area contributed by atoms with E-state index in [1.807, 2.05) is 18.2 Å². The number of fused-ring (bicyclic) bond motifs is 1. The zero-order valence-electron chi connectivity index (χ0n) is 11.4. The van der Waals surface area contributed by atoms with Crippen LogP contribution in [-0.2, 0) is 11.2 Å². The summed E-state index contributed by atoms with van der Waals surface area (Å²) in [6, 6.07) is 8.35. The average Bonchev–Trinajstić information content (AvgIpc) is 2.82. The largest absolute Gasteiger partial charge is 0.373 e. The Labute approximate surface area is 114 Å². The Balaban J connectivity index is 1.58. The quantitative estimate of drug-likeness (QED) is 0.840. The van der Waals surface area contributed by atoms with Gasteiger partial charge in [0.25, 0.3) is 0 Å². The molecule has 0 radical (unpaired) electrons. The summed E-state index contributed by atoms with van der Waals surface area (Å²) < 4.78 is 0. The summed E-state index contributed by atoms with van der Waals surface area (Å²) in [6.07, 6.45) is 3.06. The van der Waals surface area contributed by atoms with Gasteiger partial charge in [-0.15, -0.1) is 0 Å². The van der Waals surface area contributed by atoms with Gasteiger partial charge in [0.15, 0.2) is 0 Å². The van der Waals surface area contributed by atoms with Crippen LogP contribution < -0.4 is 10.6 Å². The molecule has 19 heavy (non-hydrogen) atoms. The van der Waals surface area contributed by atoms with Crippen LogP contribution in [0.5, 0.6) is 0 Å². The van der Waals surface area contributed by atoms with E-state index in [9.17, 15) is 4.79 Å². The van der Waals surface area contributed by atoms with E-state index in [1.54, 1.807) is 0 Å². The summed E-state index contributed by atoms with van der Waals surface area (Å²) in [5.74, 6) is 0.136. The van der Waals surface area contributed by atoms with Crippen LogP contribution in [0.4, 0.5) is 5.69 Å². The monoisotopic (exact) mass is 259 g/mol. The molecule has 4 nitrogen and oxygen atoms in total. The number of likely N-dealkylation sites (tertiary alicyclic amines) is 1. The molecule has 1 unspecified atom stereocenters. The average molecular weight is 259 g/mol. The van der Waals surface area contributed by atoms with Gasteiger partial charge in [-0.1, -0.05) is 18.2 Å². The number of hydrogen-bond acceptors (Lipinski definition) is 3. The highest BCUT2D eigenvalue weighted by molar-refractivity contribution is 5.87. The Morgan fingerprint density at radius 1 is 1.42 bits per heavy atom. The van der Waals surface area contributed by atoms with E-state index in [0.29, 0.717) is 6.04 Å². The van der Waals surface area contributed by atoms with Crippen LogP contribution in [0.2, 0.25) is 0 Å². The van der Waals surface area contributed by atoms with E-state index >= 15 is 0 Å². The highest BCUT2D eigenvalue weighted by Gasteiger charge is 2.28. The summed E-state index contributed by atoms with van der Waals surface area (Å²) in [4.78, 5) is 14.6. The number of hydrogen-bond donors (Lipinski definition) is 2. The number of rotatable bonds is 2. The first-order valence-corrected chi connectivity index (χ1v) is 7.06. The maximum atomic E-state index is 12.3. The van der Waals surface area contributed by atoms with Crippen LogP contribution in [0.15, 0.2) is 24.3 Å². The van der Waals surface area contributed by atoms with Crippen molar-refractivity contribution in [2.24, 2.45) is 0 Å². The van der Waals surface area contributed by atoms with E-state index in [1.165, 1.54) is 12.0 Å². The van der Waals surface area contributed by atoms with Crippen LogP contribution in [-0.4, -0.2) is 43.0 Å². The molecule has 1 saturated heterocycles. The van der Waals surface area contributed by atoms with Gasteiger partial charge >= 0.3 is 0 Å². The third-order valence-electron chi connectivity index (χ3n) is 4.06. The standard InChI is InChI=1S/C15H21N3O/c1-18-8-4-6-12(10-18)16-15(19)14-9-11-5-2-3-7-13(11)17-14/h2-3,5,7,12,14,17H,4,6,8-10H2,1H3,(H,16,19)/t12?,14-/m0/s1. The number of benzene rings is 1. The summed E-state index contributed by atoms with van der Waals surface area (Å²) in [6.45, 7) is 2.10. The van der Waals surface area contributed by atoms with Crippen molar-refractivity contribution in [3.63, 3.8) is 0 Å². The van der Waals surface area contributed by atoms with E-state index in [4.69, 9.17) is 0 Å². The maximum Gasteiger partial charge on any atom is 0.243 e. The highest BCUT2D eigenvalue weighted by Crippen LogP contribution is 2.25. The van der Waals surface area contributed by atoms with Crippen LogP contribution in [0.1, 0.15) is 18.4 Å². The van der Waals surface area contributed by atoms with Gasteiger partial charge in [0.1, 0.15) is 6.04 Å². The minimum atomic E-state index is -0.107. The number of para-hydroxylation sites is 1. The molecule has 1 aromatic carbocycles. The lowest BCUT2D eigenvalue weighted by molar-refractivity contribution is -0.122. The molecule has 0 spiro atoms. The van der Waals surface area contributed by atoms with Crippen LogP contribution in [0.3, 0.4) is 0 Å². The molecule has 102 valence electrons. The van der Waals surface area contributed by atoms with Crippen molar-refractivity contribution in [2.75, 3.05) is 25.5 Å². The van der Waals surface area contributed by atoms with Crippen molar-refractivity contribution in [3.05, 3.63) is 29.8 Å². The Kier molecular flexibility index (Phi) is 3.42. The predicted molar refractivity (Wildman–Crippen MR) is 76.2 cm³/mol. The molecule has 2 N–H and O–H groups in total. The van der Waals surface area contributed by atoms with Crippen molar-refractivity contribution in [3.8, 4) is 0 Å². The molecule has 1 aromatic rings. The highest BCUT2D eigenvalue weighted by atomic mass is 16.2. The summed E-state index contributed by atoms with van der Waals surface area (Å²) >= 11 is 0. The minimum absolute atomic E-state index is 0.107. The van der Waals surface area contributed by atoms with Gasteiger partial charge in [-0.25, -0.2) is 0 Å². The van der Waals surface area contributed by atoms with E-state index in [2.05, 4.69) is 28.6 Å². The van der Waals surface area contributed by atoms with Crippen molar-refractivity contribution < 1.29 is 4.79 Å². The Morgan fingerprint density at radius 2 is 2.26 bits per heavy atom. The predicted octanol–water partition coefficient (Wildman–Crippen LogP) is 1.23. The van der Waals surface area contributed by atoms with Gasteiger partial charge in [0, 0.05) is 24.7 Å². The van der Waals surface area contributed by atoms with Crippen LogP contribution in [0, 0.1) is 0 Å². The lowest BCUT2D eigenvalue weighted by atomic mass is 10.0. The lowest BCUT2D eigenvalue weighted by Crippen LogP contribution is -2.50. The van der Waals surface area contributed by atoms with Crippen molar-refractivity contribution in [1.29, 1.82) is 0 Å². The smallest absolute Gasteiger partial charge is 0.243 e. The van der Waals surface area contributed by atoms with Crippen LogP contribution >= 0.6 is 0 Å². The molecule has 2 aliphatic heterocycles. The van der Waals surface area contributed by atoms with Crippen molar-refractivity contribution >= 4 is 11.6 Å². The molecule has 0 saturated carbocycles. The van der Waals surface area contributed by atoms with Gasteiger partial charge in [-0.3, -0.25) is 4.79 Å². The number of anilines is 1. The van der Waals surface area contributed by atoms with E-state index < -0.39 is 0 Å².